The van der Waals surface area contributed by atoms with Crippen LogP contribution in [-0.2, 0) is 9.59 Å². The highest BCUT2D eigenvalue weighted by molar-refractivity contribution is 6.34. The number of halogens is 1. The summed E-state index contributed by atoms with van der Waals surface area (Å²) in [6.07, 6.45) is -0.162. The SMILES string of the molecule is COc1ccc(N2CCN(C(=O)C[C@@H]3C(=O)NCCN3C(=O)c3ccc([N+](=O)[O-])cc3Cl)CC2)cc1. The summed E-state index contributed by atoms with van der Waals surface area (Å²) in [5, 5.41) is 13.6. The molecule has 3 amide bonds. The van der Waals surface area contributed by atoms with Crippen molar-refractivity contribution in [3.63, 3.8) is 0 Å². The van der Waals surface area contributed by atoms with Gasteiger partial charge in [-0.1, -0.05) is 11.6 Å². The summed E-state index contributed by atoms with van der Waals surface area (Å²) >= 11 is 6.14. The summed E-state index contributed by atoms with van der Waals surface area (Å²) in [5.74, 6) is -0.420. The molecule has 1 atom stereocenters. The quantitative estimate of drug-likeness (QED) is 0.460. The van der Waals surface area contributed by atoms with Gasteiger partial charge >= 0.3 is 0 Å². The molecule has 36 heavy (non-hydrogen) atoms. The van der Waals surface area contributed by atoms with E-state index in [1.54, 1.807) is 12.0 Å². The third kappa shape index (κ3) is 5.35. The Morgan fingerprint density at radius 3 is 2.42 bits per heavy atom. The van der Waals surface area contributed by atoms with Crippen LogP contribution in [0.4, 0.5) is 11.4 Å². The third-order valence-corrected chi connectivity index (χ3v) is 6.74. The maximum atomic E-state index is 13.2. The second kappa shape index (κ2) is 10.8. The Kier molecular flexibility index (Phi) is 7.58. The van der Waals surface area contributed by atoms with Crippen molar-refractivity contribution in [3.05, 3.63) is 63.2 Å². The minimum absolute atomic E-state index is 0.0440. The van der Waals surface area contributed by atoms with Crippen molar-refractivity contribution in [2.24, 2.45) is 0 Å². The minimum Gasteiger partial charge on any atom is -0.497 e. The number of piperazine rings is 2. The lowest BCUT2D eigenvalue weighted by molar-refractivity contribution is -0.384. The van der Waals surface area contributed by atoms with Crippen molar-refractivity contribution in [1.82, 2.24) is 15.1 Å². The predicted molar refractivity (Wildman–Crippen MR) is 132 cm³/mol. The van der Waals surface area contributed by atoms with E-state index in [9.17, 15) is 24.5 Å². The van der Waals surface area contributed by atoms with Crippen molar-refractivity contribution >= 4 is 40.7 Å². The van der Waals surface area contributed by atoms with Crippen LogP contribution in [0.15, 0.2) is 42.5 Å². The van der Waals surface area contributed by atoms with Crippen LogP contribution in [0.1, 0.15) is 16.8 Å². The number of carbonyl (C=O) groups excluding carboxylic acids is 3. The molecular formula is C24H26ClN5O6. The lowest BCUT2D eigenvalue weighted by Gasteiger charge is -2.39. The van der Waals surface area contributed by atoms with Crippen LogP contribution in [0.3, 0.4) is 0 Å². The number of benzene rings is 2. The van der Waals surface area contributed by atoms with E-state index in [1.807, 2.05) is 24.3 Å². The largest absolute Gasteiger partial charge is 0.497 e. The standard InChI is InChI=1S/C24H26ClN5O6/c1-36-18-5-2-16(3-6-18)27-10-12-28(13-11-27)22(31)15-21-23(32)26-8-9-29(21)24(33)19-7-4-17(30(34)35)14-20(19)25/h2-7,14,21H,8-13,15H2,1H3,(H,26,32)/t21-/m1/s1. The van der Waals surface area contributed by atoms with Crippen molar-refractivity contribution in [2.75, 3.05) is 51.3 Å². The van der Waals surface area contributed by atoms with Gasteiger partial charge in [-0.2, -0.15) is 0 Å². The molecule has 4 rings (SSSR count). The highest BCUT2D eigenvalue weighted by Crippen LogP contribution is 2.26. The second-order valence-corrected chi connectivity index (χ2v) is 8.90. The molecule has 11 nitrogen and oxygen atoms in total. The lowest BCUT2D eigenvalue weighted by Crippen LogP contribution is -2.59. The molecule has 0 aromatic heterocycles. The highest BCUT2D eigenvalue weighted by atomic mass is 35.5. The van der Waals surface area contributed by atoms with Gasteiger partial charge < -0.3 is 24.8 Å². The maximum Gasteiger partial charge on any atom is 0.270 e. The number of nitrogens with zero attached hydrogens (tertiary/aromatic N) is 4. The first kappa shape index (κ1) is 25.2. The van der Waals surface area contributed by atoms with Gasteiger partial charge in [-0.3, -0.25) is 24.5 Å². The molecule has 0 radical (unpaired) electrons. The van der Waals surface area contributed by atoms with Crippen molar-refractivity contribution in [2.45, 2.75) is 12.5 Å². The molecule has 2 aromatic rings. The molecular weight excluding hydrogens is 490 g/mol. The predicted octanol–water partition coefficient (Wildman–Crippen LogP) is 1.94. The molecule has 2 aliphatic heterocycles. The molecule has 0 spiro atoms. The number of anilines is 1. The summed E-state index contributed by atoms with van der Waals surface area (Å²) in [4.78, 5) is 54.5. The van der Waals surface area contributed by atoms with Gasteiger partial charge in [-0.05, 0) is 30.3 Å². The summed E-state index contributed by atoms with van der Waals surface area (Å²) in [6.45, 7) is 2.68. The van der Waals surface area contributed by atoms with E-state index in [1.165, 1.54) is 17.0 Å². The number of hydrogen-bond donors (Lipinski definition) is 1. The zero-order valence-corrected chi connectivity index (χ0v) is 20.4. The number of amides is 3. The van der Waals surface area contributed by atoms with Gasteiger partial charge in [0, 0.05) is 57.1 Å². The Bertz CT molecular complexity index is 1170. The van der Waals surface area contributed by atoms with Crippen LogP contribution in [0.25, 0.3) is 0 Å². The maximum absolute atomic E-state index is 13.2. The second-order valence-electron chi connectivity index (χ2n) is 8.50. The van der Waals surface area contributed by atoms with Crippen LogP contribution in [0.5, 0.6) is 5.75 Å². The van der Waals surface area contributed by atoms with Crippen LogP contribution < -0.4 is 15.0 Å². The van der Waals surface area contributed by atoms with E-state index in [2.05, 4.69) is 10.2 Å². The average Bonchev–Trinajstić information content (AvgIpc) is 2.89. The van der Waals surface area contributed by atoms with Gasteiger partial charge in [0.05, 0.1) is 29.0 Å². The number of carbonyl (C=O) groups is 3. The summed E-state index contributed by atoms with van der Waals surface area (Å²) in [5.41, 5.74) is 0.835. The zero-order valence-electron chi connectivity index (χ0n) is 19.7. The van der Waals surface area contributed by atoms with E-state index in [0.29, 0.717) is 26.2 Å². The molecule has 0 bridgehead atoms. The van der Waals surface area contributed by atoms with Crippen LogP contribution in [0.2, 0.25) is 5.02 Å². The average molecular weight is 516 g/mol. The van der Waals surface area contributed by atoms with Crippen LogP contribution >= 0.6 is 11.6 Å². The first-order valence-corrected chi connectivity index (χ1v) is 11.9. The molecule has 0 aliphatic carbocycles. The van der Waals surface area contributed by atoms with E-state index in [-0.39, 0.29) is 41.7 Å². The number of nitrogens with one attached hydrogen (secondary N) is 1. The fourth-order valence-corrected chi connectivity index (χ4v) is 4.66. The Morgan fingerprint density at radius 1 is 1.11 bits per heavy atom. The highest BCUT2D eigenvalue weighted by Gasteiger charge is 2.37. The van der Waals surface area contributed by atoms with Crippen molar-refractivity contribution in [3.8, 4) is 5.75 Å². The van der Waals surface area contributed by atoms with Gasteiger partial charge in [-0.15, -0.1) is 0 Å². The van der Waals surface area contributed by atoms with E-state index in [4.69, 9.17) is 16.3 Å². The smallest absolute Gasteiger partial charge is 0.270 e. The number of ether oxygens (including phenoxy) is 1. The summed E-state index contributed by atoms with van der Waals surface area (Å²) in [6, 6.07) is 10.3. The van der Waals surface area contributed by atoms with Gasteiger partial charge in [0.25, 0.3) is 11.6 Å². The molecule has 0 unspecified atom stereocenters. The zero-order chi connectivity index (χ0) is 25.8. The van der Waals surface area contributed by atoms with Gasteiger partial charge in [0.2, 0.25) is 11.8 Å². The van der Waals surface area contributed by atoms with Crippen molar-refractivity contribution < 1.29 is 24.0 Å². The monoisotopic (exact) mass is 515 g/mol. The fourth-order valence-electron chi connectivity index (χ4n) is 4.41. The molecule has 190 valence electrons. The molecule has 2 aromatic carbocycles. The molecule has 12 heteroatoms. The van der Waals surface area contributed by atoms with Crippen molar-refractivity contribution in [1.29, 1.82) is 0 Å². The number of non-ortho nitro benzene ring substituents is 1. The molecule has 2 heterocycles. The van der Waals surface area contributed by atoms with Crippen LogP contribution in [-0.4, -0.2) is 84.9 Å². The Morgan fingerprint density at radius 2 is 1.81 bits per heavy atom. The molecule has 1 N–H and O–H groups in total. The Labute approximate surface area is 212 Å². The Balaban J connectivity index is 1.41. The number of hydrogen-bond acceptors (Lipinski definition) is 7. The first-order valence-electron chi connectivity index (χ1n) is 11.5. The minimum atomic E-state index is -0.996. The van der Waals surface area contributed by atoms with Crippen LogP contribution in [0, 0.1) is 10.1 Å². The molecule has 2 saturated heterocycles. The fraction of sp³-hybridized carbons (Fsp3) is 0.375. The summed E-state index contributed by atoms with van der Waals surface area (Å²) < 4.78 is 5.19. The molecule has 2 aliphatic rings. The molecule has 2 fully saturated rings. The lowest BCUT2D eigenvalue weighted by atomic mass is 10.0. The number of nitro benzene ring substituents is 1. The molecule has 0 saturated carbocycles. The third-order valence-electron chi connectivity index (χ3n) is 6.42. The van der Waals surface area contributed by atoms with Gasteiger partial charge in [-0.25, -0.2) is 0 Å². The summed E-state index contributed by atoms with van der Waals surface area (Å²) in [7, 11) is 1.61. The van der Waals surface area contributed by atoms with E-state index < -0.39 is 22.8 Å². The number of methoxy groups -OCH3 is 1. The van der Waals surface area contributed by atoms with E-state index >= 15 is 0 Å². The first-order chi connectivity index (χ1) is 17.3. The number of rotatable bonds is 6. The van der Waals surface area contributed by atoms with E-state index in [0.717, 1.165) is 17.5 Å². The normalized spacial score (nSPS) is 18.0. The van der Waals surface area contributed by atoms with Gasteiger partial charge in [0.1, 0.15) is 11.8 Å². The topological polar surface area (TPSA) is 125 Å². The van der Waals surface area contributed by atoms with Gasteiger partial charge in [0.15, 0.2) is 0 Å². The Hall–Kier alpha value is -3.86. The number of nitro groups is 1.